The van der Waals surface area contributed by atoms with Crippen LogP contribution in [0, 0.1) is 5.92 Å². The zero-order chi connectivity index (χ0) is 15.2. The van der Waals surface area contributed by atoms with E-state index in [-0.39, 0.29) is 17.7 Å². The van der Waals surface area contributed by atoms with E-state index in [4.69, 9.17) is 11.6 Å². The molecule has 0 spiro atoms. The largest absolute Gasteiger partial charge is 0.309 e. The number of benzene rings is 1. The lowest BCUT2D eigenvalue weighted by Crippen LogP contribution is -2.26. The van der Waals surface area contributed by atoms with Gasteiger partial charge >= 0.3 is 0 Å². The summed E-state index contributed by atoms with van der Waals surface area (Å²) in [6.45, 7) is 4.15. The monoisotopic (exact) mass is 303 g/mol. The standard InChI is InChI=1S/C16H18ClN3O/c1-3-11(2)15(12-7-5-4-6-8-12)16(21)18-14-10-9-13(17)19-20-14/h4-11,15H,3H2,1-2H3,(H,18,20,21). The SMILES string of the molecule is CCC(C)C(C(=O)Nc1ccc(Cl)nn1)c1ccccc1. The highest BCUT2D eigenvalue weighted by Crippen LogP contribution is 2.28. The van der Waals surface area contributed by atoms with Crippen LogP contribution in [0.25, 0.3) is 0 Å². The molecule has 21 heavy (non-hydrogen) atoms. The van der Waals surface area contributed by atoms with Crippen molar-refractivity contribution in [1.29, 1.82) is 0 Å². The molecule has 4 nitrogen and oxygen atoms in total. The van der Waals surface area contributed by atoms with Gasteiger partial charge in [0.2, 0.25) is 5.91 Å². The number of hydrogen-bond donors (Lipinski definition) is 1. The Morgan fingerprint density at radius 1 is 1.19 bits per heavy atom. The van der Waals surface area contributed by atoms with Gasteiger partial charge in [-0.3, -0.25) is 4.79 Å². The molecule has 1 N–H and O–H groups in total. The fourth-order valence-electron chi connectivity index (χ4n) is 2.22. The van der Waals surface area contributed by atoms with Crippen LogP contribution in [0.4, 0.5) is 5.82 Å². The van der Waals surface area contributed by atoms with Gasteiger partial charge < -0.3 is 5.32 Å². The first-order chi connectivity index (χ1) is 10.1. The van der Waals surface area contributed by atoms with Crippen molar-refractivity contribution in [2.75, 3.05) is 5.32 Å². The molecule has 2 unspecified atom stereocenters. The summed E-state index contributed by atoms with van der Waals surface area (Å²) >= 11 is 5.69. The molecule has 2 aromatic rings. The second kappa shape index (κ2) is 7.18. The van der Waals surface area contributed by atoms with Crippen LogP contribution in [0.5, 0.6) is 0 Å². The summed E-state index contributed by atoms with van der Waals surface area (Å²) in [6.07, 6.45) is 0.916. The first-order valence-electron chi connectivity index (χ1n) is 6.97. The molecule has 0 saturated carbocycles. The van der Waals surface area contributed by atoms with Crippen molar-refractivity contribution < 1.29 is 4.79 Å². The highest BCUT2D eigenvalue weighted by atomic mass is 35.5. The van der Waals surface area contributed by atoms with E-state index < -0.39 is 0 Å². The van der Waals surface area contributed by atoms with Crippen LogP contribution < -0.4 is 5.32 Å². The number of halogens is 1. The van der Waals surface area contributed by atoms with Crippen molar-refractivity contribution in [2.24, 2.45) is 5.92 Å². The molecule has 1 aromatic carbocycles. The molecule has 0 aliphatic rings. The van der Waals surface area contributed by atoms with E-state index in [0.29, 0.717) is 11.0 Å². The molecule has 0 aliphatic carbocycles. The van der Waals surface area contributed by atoms with Crippen LogP contribution >= 0.6 is 11.6 Å². The lowest BCUT2D eigenvalue weighted by Gasteiger charge is -2.22. The molecule has 0 radical (unpaired) electrons. The van der Waals surface area contributed by atoms with E-state index in [1.165, 1.54) is 0 Å². The number of anilines is 1. The van der Waals surface area contributed by atoms with Crippen molar-refractivity contribution in [3.63, 3.8) is 0 Å². The molecule has 5 heteroatoms. The zero-order valence-electron chi connectivity index (χ0n) is 12.1. The third-order valence-electron chi connectivity index (χ3n) is 3.54. The lowest BCUT2D eigenvalue weighted by atomic mass is 9.85. The third-order valence-corrected chi connectivity index (χ3v) is 3.74. The van der Waals surface area contributed by atoms with Gasteiger partial charge in [0.15, 0.2) is 11.0 Å². The number of rotatable bonds is 5. The Morgan fingerprint density at radius 3 is 2.48 bits per heavy atom. The maximum Gasteiger partial charge on any atom is 0.233 e. The summed E-state index contributed by atoms with van der Waals surface area (Å²) in [4.78, 5) is 12.6. The second-order valence-electron chi connectivity index (χ2n) is 5.00. The van der Waals surface area contributed by atoms with Crippen LogP contribution in [-0.4, -0.2) is 16.1 Å². The Kier molecular flexibility index (Phi) is 5.28. The first-order valence-corrected chi connectivity index (χ1v) is 7.34. The molecule has 0 saturated heterocycles. The highest BCUT2D eigenvalue weighted by Gasteiger charge is 2.26. The van der Waals surface area contributed by atoms with Gasteiger partial charge in [-0.05, 0) is 23.6 Å². The Labute approximate surface area is 129 Å². The van der Waals surface area contributed by atoms with Crippen molar-refractivity contribution >= 4 is 23.3 Å². The number of carbonyl (C=O) groups excluding carboxylic acids is 1. The number of aromatic nitrogens is 2. The summed E-state index contributed by atoms with van der Waals surface area (Å²) < 4.78 is 0. The number of nitrogens with one attached hydrogen (secondary N) is 1. The Hall–Kier alpha value is -1.94. The maximum absolute atomic E-state index is 12.6. The first kappa shape index (κ1) is 15.4. The fourth-order valence-corrected chi connectivity index (χ4v) is 2.32. The van der Waals surface area contributed by atoms with Gasteiger partial charge in [-0.1, -0.05) is 62.2 Å². The Bertz CT molecular complexity index is 586. The average Bonchev–Trinajstić information content (AvgIpc) is 2.50. The third kappa shape index (κ3) is 4.02. The summed E-state index contributed by atoms with van der Waals surface area (Å²) in [5.41, 5.74) is 1.01. The van der Waals surface area contributed by atoms with Gasteiger partial charge in [0.1, 0.15) is 0 Å². The number of amides is 1. The molecule has 2 rings (SSSR count). The predicted octanol–water partition coefficient (Wildman–Crippen LogP) is 3.90. The van der Waals surface area contributed by atoms with Crippen LogP contribution in [0.1, 0.15) is 31.7 Å². The van der Waals surface area contributed by atoms with Crippen LogP contribution in [0.2, 0.25) is 5.15 Å². The quantitative estimate of drug-likeness (QED) is 0.911. The van der Waals surface area contributed by atoms with Crippen LogP contribution in [0.3, 0.4) is 0 Å². The fraction of sp³-hybridized carbons (Fsp3) is 0.312. The van der Waals surface area contributed by atoms with E-state index in [0.717, 1.165) is 12.0 Å². The van der Waals surface area contributed by atoms with E-state index >= 15 is 0 Å². The smallest absolute Gasteiger partial charge is 0.233 e. The Balaban J connectivity index is 2.20. The summed E-state index contributed by atoms with van der Waals surface area (Å²) in [5.74, 6) is 0.349. The van der Waals surface area contributed by atoms with E-state index in [1.807, 2.05) is 30.3 Å². The number of hydrogen-bond acceptors (Lipinski definition) is 3. The summed E-state index contributed by atoms with van der Waals surface area (Å²) in [6, 6.07) is 13.0. The van der Waals surface area contributed by atoms with Gasteiger partial charge in [-0.15, -0.1) is 10.2 Å². The van der Waals surface area contributed by atoms with Crippen LogP contribution in [-0.2, 0) is 4.79 Å². The lowest BCUT2D eigenvalue weighted by molar-refractivity contribution is -0.118. The minimum Gasteiger partial charge on any atom is -0.309 e. The van der Waals surface area contributed by atoms with E-state index in [2.05, 4.69) is 29.4 Å². The number of carbonyl (C=O) groups is 1. The molecule has 1 heterocycles. The topological polar surface area (TPSA) is 54.9 Å². The van der Waals surface area contributed by atoms with Gasteiger partial charge in [0.25, 0.3) is 0 Å². The van der Waals surface area contributed by atoms with Crippen molar-refractivity contribution in [2.45, 2.75) is 26.2 Å². The minimum atomic E-state index is -0.214. The van der Waals surface area contributed by atoms with E-state index in [1.54, 1.807) is 12.1 Å². The molecule has 1 aromatic heterocycles. The van der Waals surface area contributed by atoms with Crippen LogP contribution in [0.15, 0.2) is 42.5 Å². The van der Waals surface area contributed by atoms with E-state index in [9.17, 15) is 4.79 Å². The summed E-state index contributed by atoms with van der Waals surface area (Å²) in [5, 5.41) is 10.7. The van der Waals surface area contributed by atoms with Crippen molar-refractivity contribution in [3.8, 4) is 0 Å². The average molecular weight is 304 g/mol. The normalized spacial score (nSPS) is 13.5. The van der Waals surface area contributed by atoms with Gasteiger partial charge in [-0.2, -0.15) is 0 Å². The second-order valence-corrected chi connectivity index (χ2v) is 5.39. The molecule has 2 atom stereocenters. The number of nitrogens with zero attached hydrogens (tertiary/aromatic N) is 2. The van der Waals surface area contributed by atoms with Gasteiger partial charge in [0, 0.05) is 0 Å². The maximum atomic E-state index is 12.6. The minimum absolute atomic E-state index is 0.0767. The molecule has 110 valence electrons. The molecule has 1 amide bonds. The summed E-state index contributed by atoms with van der Waals surface area (Å²) in [7, 11) is 0. The molecular formula is C16H18ClN3O. The molecule has 0 bridgehead atoms. The van der Waals surface area contributed by atoms with Crippen molar-refractivity contribution in [3.05, 3.63) is 53.2 Å². The van der Waals surface area contributed by atoms with Gasteiger partial charge in [0.05, 0.1) is 5.92 Å². The molecule has 0 aliphatic heterocycles. The predicted molar refractivity (Wildman–Crippen MR) is 84.3 cm³/mol. The van der Waals surface area contributed by atoms with Gasteiger partial charge in [-0.25, -0.2) is 0 Å². The molecular weight excluding hydrogens is 286 g/mol. The molecule has 0 fully saturated rings. The highest BCUT2D eigenvalue weighted by molar-refractivity contribution is 6.29. The zero-order valence-corrected chi connectivity index (χ0v) is 12.8. The Morgan fingerprint density at radius 2 is 1.90 bits per heavy atom. The van der Waals surface area contributed by atoms with Crippen molar-refractivity contribution in [1.82, 2.24) is 10.2 Å².